The third-order valence-corrected chi connectivity index (χ3v) is 8.62. The third-order valence-electron chi connectivity index (χ3n) is 8.62. The first kappa shape index (κ1) is 17.8. The van der Waals surface area contributed by atoms with Gasteiger partial charge in [-0.25, -0.2) is 4.79 Å². The third kappa shape index (κ3) is 2.38. The molecular weight excluding hydrogens is 366 g/mol. The Morgan fingerprint density at radius 1 is 1.21 bits per heavy atom. The van der Waals surface area contributed by atoms with Crippen molar-refractivity contribution in [1.82, 2.24) is 15.5 Å². The maximum Gasteiger partial charge on any atom is 0.322 e. The van der Waals surface area contributed by atoms with Crippen molar-refractivity contribution in [3.8, 4) is 5.75 Å². The van der Waals surface area contributed by atoms with Crippen LogP contribution in [0.4, 0.5) is 4.79 Å². The molecule has 2 heterocycles. The Kier molecular flexibility index (Phi) is 3.52. The average molecular weight is 396 g/mol. The molecule has 6 heteroatoms. The number of urea groups is 1. The van der Waals surface area contributed by atoms with Crippen LogP contribution >= 0.6 is 0 Å². The molecule has 3 aliphatic carbocycles. The minimum Gasteiger partial charge on any atom is -0.497 e. The molecule has 3 amide bonds. The van der Waals surface area contributed by atoms with Gasteiger partial charge < -0.3 is 15.0 Å². The van der Waals surface area contributed by atoms with Crippen molar-refractivity contribution in [3.05, 3.63) is 29.3 Å². The monoisotopic (exact) mass is 395 g/mol. The van der Waals surface area contributed by atoms with Crippen molar-refractivity contribution in [2.75, 3.05) is 26.7 Å². The zero-order valence-electron chi connectivity index (χ0n) is 17.1. The largest absolute Gasteiger partial charge is 0.497 e. The highest BCUT2D eigenvalue weighted by Gasteiger charge is 2.67. The zero-order chi connectivity index (χ0) is 19.9. The number of nitrogens with zero attached hydrogens (tertiary/aromatic N) is 1. The quantitative estimate of drug-likeness (QED) is 0.771. The van der Waals surface area contributed by atoms with E-state index in [-0.39, 0.29) is 22.8 Å². The molecule has 154 valence electrons. The van der Waals surface area contributed by atoms with Crippen molar-refractivity contribution in [2.45, 2.75) is 55.9 Å². The van der Waals surface area contributed by atoms with Crippen LogP contribution in [0, 0.1) is 11.3 Å². The lowest BCUT2D eigenvalue weighted by atomic mass is 9.49. The summed E-state index contributed by atoms with van der Waals surface area (Å²) in [6.07, 6.45) is 7.27. The van der Waals surface area contributed by atoms with Crippen LogP contribution in [0.1, 0.15) is 49.7 Å². The molecule has 2 aliphatic heterocycles. The van der Waals surface area contributed by atoms with Gasteiger partial charge in [-0.15, -0.1) is 0 Å². The molecule has 2 saturated heterocycles. The van der Waals surface area contributed by atoms with Gasteiger partial charge in [0.1, 0.15) is 11.3 Å². The minimum absolute atomic E-state index is 0.0792. The highest BCUT2D eigenvalue weighted by molar-refractivity contribution is 6.07. The molecule has 0 unspecified atom stereocenters. The summed E-state index contributed by atoms with van der Waals surface area (Å²) in [6.45, 7) is 3.40. The molecule has 1 spiro atoms. The number of rotatable bonds is 3. The van der Waals surface area contributed by atoms with Crippen LogP contribution in [0.2, 0.25) is 0 Å². The molecule has 2 N–H and O–H groups in total. The zero-order valence-corrected chi connectivity index (χ0v) is 17.1. The summed E-state index contributed by atoms with van der Waals surface area (Å²) in [4.78, 5) is 27.6. The van der Waals surface area contributed by atoms with Gasteiger partial charge in [-0.3, -0.25) is 10.1 Å². The Balaban J connectivity index is 1.44. The van der Waals surface area contributed by atoms with Gasteiger partial charge in [0.05, 0.1) is 7.11 Å². The van der Waals surface area contributed by atoms with Crippen LogP contribution in [-0.2, 0) is 16.6 Å². The normalized spacial score (nSPS) is 38.2. The number of carbonyl (C=O) groups is 2. The van der Waals surface area contributed by atoms with E-state index in [1.54, 1.807) is 7.11 Å². The molecule has 0 radical (unpaired) electrons. The molecule has 0 aromatic heterocycles. The summed E-state index contributed by atoms with van der Waals surface area (Å²) in [5.41, 5.74) is 2.07. The van der Waals surface area contributed by atoms with E-state index in [4.69, 9.17) is 4.74 Å². The van der Waals surface area contributed by atoms with E-state index < -0.39 is 5.54 Å². The summed E-state index contributed by atoms with van der Waals surface area (Å²) >= 11 is 0. The van der Waals surface area contributed by atoms with Gasteiger partial charge in [-0.1, -0.05) is 6.07 Å². The molecular formula is C23H29N3O3. The maximum absolute atomic E-state index is 12.8. The lowest BCUT2D eigenvalue weighted by Crippen LogP contribution is -2.65. The van der Waals surface area contributed by atoms with Crippen LogP contribution < -0.4 is 15.4 Å². The SMILES string of the molecule is COc1ccc2c(c1)[C@@]13CCN(CC4CC4)C[C@]1(CC[C@@]1(C3)NC(=O)NC1=O)C2. The Bertz CT molecular complexity index is 913. The first-order chi connectivity index (χ1) is 14.0. The fourth-order valence-electron chi connectivity index (χ4n) is 7.05. The highest BCUT2D eigenvalue weighted by Crippen LogP contribution is 2.65. The van der Waals surface area contributed by atoms with E-state index in [1.165, 1.54) is 30.5 Å². The Labute approximate surface area is 171 Å². The number of methoxy groups -OCH3 is 1. The molecule has 2 saturated carbocycles. The Morgan fingerprint density at radius 3 is 2.79 bits per heavy atom. The molecule has 5 aliphatic rings. The molecule has 0 bridgehead atoms. The predicted molar refractivity (Wildman–Crippen MR) is 108 cm³/mol. The van der Waals surface area contributed by atoms with Crippen LogP contribution in [0.5, 0.6) is 5.75 Å². The average Bonchev–Trinajstić information content (AvgIpc) is 3.41. The number of hydrogen-bond acceptors (Lipinski definition) is 4. The number of ether oxygens (including phenoxy) is 1. The van der Waals surface area contributed by atoms with E-state index in [0.717, 1.165) is 50.4 Å². The van der Waals surface area contributed by atoms with Gasteiger partial charge in [-0.2, -0.15) is 0 Å². The van der Waals surface area contributed by atoms with Crippen LogP contribution in [0.25, 0.3) is 0 Å². The number of nitrogens with one attached hydrogen (secondary N) is 2. The van der Waals surface area contributed by atoms with E-state index in [1.807, 2.05) is 0 Å². The Hall–Kier alpha value is -2.08. The summed E-state index contributed by atoms with van der Waals surface area (Å²) < 4.78 is 5.57. The predicted octanol–water partition coefficient (Wildman–Crippen LogP) is 2.35. The summed E-state index contributed by atoms with van der Waals surface area (Å²) in [5, 5.41) is 5.54. The van der Waals surface area contributed by atoms with E-state index in [9.17, 15) is 9.59 Å². The van der Waals surface area contributed by atoms with Crippen molar-refractivity contribution in [1.29, 1.82) is 0 Å². The first-order valence-corrected chi connectivity index (χ1v) is 11.0. The molecule has 4 fully saturated rings. The van der Waals surface area contributed by atoms with Crippen molar-refractivity contribution >= 4 is 11.9 Å². The van der Waals surface area contributed by atoms with Gasteiger partial charge in [0.25, 0.3) is 5.91 Å². The molecule has 1 aromatic rings. The lowest BCUT2D eigenvalue weighted by molar-refractivity contribution is -0.130. The number of amides is 3. The minimum atomic E-state index is -0.760. The second-order valence-corrected chi connectivity index (χ2v) is 10.2. The fourth-order valence-corrected chi connectivity index (χ4v) is 7.05. The topological polar surface area (TPSA) is 70.7 Å². The molecule has 1 aromatic carbocycles. The van der Waals surface area contributed by atoms with Crippen molar-refractivity contribution < 1.29 is 14.3 Å². The van der Waals surface area contributed by atoms with E-state index in [2.05, 4.69) is 33.7 Å². The van der Waals surface area contributed by atoms with Crippen LogP contribution in [0.15, 0.2) is 18.2 Å². The van der Waals surface area contributed by atoms with E-state index in [0.29, 0.717) is 6.42 Å². The first-order valence-electron chi connectivity index (χ1n) is 11.0. The van der Waals surface area contributed by atoms with Crippen LogP contribution in [0.3, 0.4) is 0 Å². The second-order valence-electron chi connectivity index (χ2n) is 10.2. The Morgan fingerprint density at radius 2 is 2.07 bits per heavy atom. The van der Waals surface area contributed by atoms with Gasteiger partial charge in [0, 0.05) is 18.5 Å². The number of piperidine rings is 1. The van der Waals surface area contributed by atoms with Gasteiger partial charge >= 0.3 is 6.03 Å². The number of benzene rings is 1. The number of fused-ring (bicyclic) bond motifs is 1. The summed E-state index contributed by atoms with van der Waals surface area (Å²) in [7, 11) is 1.72. The number of imide groups is 1. The summed E-state index contributed by atoms with van der Waals surface area (Å²) in [5.74, 6) is 1.63. The smallest absolute Gasteiger partial charge is 0.322 e. The molecule has 29 heavy (non-hydrogen) atoms. The van der Waals surface area contributed by atoms with E-state index >= 15 is 0 Å². The number of carbonyl (C=O) groups excluding carboxylic acids is 2. The second kappa shape index (κ2) is 5.75. The summed E-state index contributed by atoms with van der Waals surface area (Å²) in [6, 6.07) is 6.17. The number of hydrogen-bond donors (Lipinski definition) is 2. The maximum atomic E-state index is 12.8. The van der Waals surface area contributed by atoms with Gasteiger partial charge in [-0.05, 0) is 86.1 Å². The van der Waals surface area contributed by atoms with Crippen LogP contribution in [-0.4, -0.2) is 49.1 Å². The highest BCUT2D eigenvalue weighted by atomic mass is 16.5. The lowest BCUT2D eigenvalue weighted by Gasteiger charge is -2.59. The standard InChI is InChI=1S/C23H29N3O3/c1-29-17-5-4-16-11-21-6-7-23(19(27)24-20(28)25-23)13-22(21,18(16)10-17)8-9-26(14-21)12-15-2-3-15/h4-5,10,15H,2-3,6-9,11-14H2,1H3,(H2,24,25,27,28)/t21-,22-,23-/m0/s1. The molecule has 3 atom stereocenters. The van der Waals surface area contributed by atoms with Gasteiger partial charge in [0.2, 0.25) is 0 Å². The van der Waals surface area contributed by atoms with Gasteiger partial charge in [0.15, 0.2) is 0 Å². The molecule has 6 rings (SSSR count). The fraction of sp³-hybridized carbons (Fsp3) is 0.652. The van der Waals surface area contributed by atoms with Crippen molar-refractivity contribution in [2.24, 2.45) is 11.3 Å². The van der Waals surface area contributed by atoms with Crippen molar-refractivity contribution in [3.63, 3.8) is 0 Å². The number of likely N-dealkylation sites (tertiary alicyclic amines) is 1. The molecule has 6 nitrogen and oxygen atoms in total.